The van der Waals surface area contributed by atoms with Gasteiger partial charge in [0.1, 0.15) is 17.3 Å². The van der Waals surface area contributed by atoms with E-state index in [1.165, 1.54) is 12.1 Å². The number of methoxy groups -OCH3 is 1. The Morgan fingerprint density at radius 2 is 1.68 bits per heavy atom. The van der Waals surface area contributed by atoms with Gasteiger partial charge in [0, 0.05) is 18.7 Å². The zero-order valence-corrected chi connectivity index (χ0v) is 15.8. The number of piperidine rings is 1. The number of hydrogen-bond donors (Lipinski definition) is 0. The second kappa shape index (κ2) is 7.84. The predicted octanol–water partition coefficient (Wildman–Crippen LogP) is 4.31. The van der Waals surface area contributed by atoms with Crippen molar-refractivity contribution in [3.8, 4) is 22.7 Å². The van der Waals surface area contributed by atoms with Crippen LogP contribution in [0, 0.1) is 5.82 Å². The average molecular weight is 379 g/mol. The third-order valence-corrected chi connectivity index (χ3v) is 5.03. The lowest BCUT2D eigenvalue weighted by atomic mass is 10.1. The third kappa shape index (κ3) is 3.63. The van der Waals surface area contributed by atoms with Crippen molar-refractivity contribution in [2.45, 2.75) is 19.3 Å². The fourth-order valence-corrected chi connectivity index (χ4v) is 3.47. The van der Waals surface area contributed by atoms with E-state index in [-0.39, 0.29) is 11.7 Å². The molecular formula is C22H22FN3O2. The number of ether oxygens (including phenoxy) is 1. The number of carbonyl (C=O) groups is 1. The van der Waals surface area contributed by atoms with Crippen LogP contribution in [-0.4, -0.2) is 40.8 Å². The number of hydrogen-bond acceptors (Lipinski definition) is 3. The summed E-state index contributed by atoms with van der Waals surface area (Å²) < 4.78 is 20.2. The number of likely N-dealkylation sites (tertiary alicyclic amines) is 1. The fraction of sp³-hybridized carbons (Fsp3) is 0.273. The SMILES string of the molecule is COc1ccc(-c2cc(C(=O)N3CCCCC3)n(-c3ccc(F)cc3)n2)cc1. The molecule has 5 nitrogen and oxygen atoms in total. The van der Waals surface area contributed by atoms with Crippen molar-refractivity contribution >= 4 is 5.91 Å². The highest BCUT2D eigenvalue weighted by Gasteiger charge is 2.24. The van der Waals surface area contributed by atoms with Gasteiger partial charge in [-0.15, -0.1) is 0 Å². The van der Waals surface area contributed by atoms with Crippen LogP contribution in [0.2, 0.25) is 0 Å². The fourth-order valence-electron chi connectivity index (χ4n) is 3.47. The molecule has 144 valence electrons. The molecule has 3 aromatic rings. The number of aromatic nitrogens is 2. The van der Waals surface area contributed by atoms with E-state index in [9.17, 15) is 9.18 Å². The number of benzene rings is 2. The van der Waals surface area contributed by atoms with Crippen molar-refractivity contribution in [2.24, 2.45) is 0 Å². The van der Waals surface area contributed by atoms with E-state index >= 15 is 0 Å². The molecule has 0 bridgehead atoms. The highest BCUT2D eigenvalue weighted by Crippen LogP contribution is 2.25. The Hall–Kier alpha value is -3.15. The molecule has 2 aromatic carbocycles. The van der Waals surface area contributed by atoms with Crippen molar-refractivity contribution in [1.29, 1.82) is 0 Å². The standard InChI is InChI=1S/C22H22FN3O2/c1-28-19-11-5-16(6-12-19)20-15-21(22(27)25-13-3-2-4-14-25)26(24-20)18-9-7-17(23)8-10-18/h5-12,15H,2-4,13-14H2,1H3. The van der Waals surface area contributed by atoms with Crippen LogP contribution in [0.25, 0.3) is 16.9 Å². The van der Waals surface area contributed by atoms with Crippen molar-refractivity contribution in [3.63, 3.8) is 0 Å². The second-order valence-electron chi connectivity index (χ2n) is 6.88. The summed E-state index contributed by atoms with van der Waals surface area (Å²) in [6.45, 7) is 1.51. The maximum absolute atomic E-state index is 13.4. The van der Waals surface area contributed by atoms with Crippen molar-refractivity contribution in [1.82, 2.24) is 14.7 Å². The van der Waals surface area contributed by atoms with Gasteiger partial charge < -0.3 is 9.64 Å². The molecule has 1 aliphatic rings. The first kappa shape index (κ1) is 18.2. The molecule has 1 aliphatic heterocycles. The molecular weight excluding hydrogens is 357 g/mol. The Labute approximate surface area is 163 Å². The minimum atomic E-state index is -0.324. The molecule has 1 amide bonds. The molecule has 28 heavy (non-hydrogen) atoms. The lowest BCUT2D eigenvalue weighted by Gasteiger charge is -2.26. The van der Waals surface area contributed by atoms with E-state index in [0.717, 1.165) is 43.7 Å². The number of carbonyl (C=O) groups excluding carboxylic acids is 1. The average Bonchev–Trinajstić information content (AvgIpc) is 3.20. The third-order valence-electron chi connectivity index (χ3n) is 5.03. The quantitative estimate of drug-likeness (QED) is 0.679. The van der Waals surface area contributed by atoms with Crippen molar-refractivity contribution < 1.29 is 13.9 Å². The van der Waals surface area contributed by atoms with Crippen LogP contribution < -0.4 is 4.74 Å². The molecule has 4 rings (SSSR count). The maximum Gasteiger partial charge on any atom is 0.272 e. The second-order valence-corrected chi connectivity index (χ2v) is 6.88. The maximum atomic E-state index is 13.4. The van der Waals surface area contributed by atoms with E-state index in [4.69, 9.17) is 4.74 Å². The molecule has 0 atom stereocenters. The number of halogens is 1. The summed E-state index contributed by atoms with van der Waals surface area (Å²) in [7, 11) is 1.62. The zero-order valence-electron chi connectivity index (χ0n) is 15.8. The molecule has 1 saturated heterocycles. The summed E-state index contributed by atoms with van der Waals surface area (Å²) in [5.41, 5.74) is 2.71. The molecule has 0 radical (unpaired) electrons. The molecule has 2 heterocycles. The van der Waals surface area contributed by atoms with Crippen molar-refractivity contribution in [3.05, 3.63) is 66.1 Å². The Kier molecular flexibility index (Phi) is 5.10. The van der Waals surface area contributed by atoms with Crippen LogP contribution in [0.5, 0.6) is 5.75 Å². The zero-order chi connectivity index (χ0) is 19.5. The van der Waals surface area contributed by atoms with Gasteiger partial charge in [-0.2, -0.15) is 5.10 Å². The van der Waals surface area contributed by atoms with Gasteiger partial charge in [-0.1, -0.05) is 0 Å². The molecule has 1 fully saturated rings. The summed E-state index contributed by atoms with van der Waals surface area (Å²) in [5, 5.41) is 4.66. The molecule has 0 N–H and O–H groups in total. The van der Waals surface area contributed by atoms with E-state index in [1.807, 2.05) is 35.2 Å². The molecule has 1 aromatic heterocycles. The van der Waals surface area contributed by atoms with Gasteiger partial charge in [-0.3, -0.25) is 4.79 Å². The Bertz CT molecular complexity index is 958. The van der Waals surface area contributed by atoms with Gasteiger partial charge in [0.25, 0.3) is 5.91 Å². The first-order valence-corrected chi connectivity index (χ1v) is 9.45. The minimum absolute atomic E-state index is 0.0451. The number of amides is 1. The van der Waals surface area contributed by atoms with Crippen LogP contribution in [-0.2, 0) is 0 Å². The summed E-state index contributed by atoms with van der Waals surface area (Å²) in [4.78, 5) is 15.1. The van der Waals surface area contributed by atoms with Crippen LogP contribution in [0.4, 0.5) is 4.39 Å². The van der Waals surface area contributed by atoms with Crippen LogP contribution >= 0.6 is 0 Å². The van der Waals surface area contributed by atoms with Gasteiger partial charge in [0.2, 0.25) is 0 Å². The van der Waals surface area contributed by atoms with Gasteiger partial charge in [0.15, 0.2) is 0 Å². The minimum Gasteiger partial charge on any atom is -0.497 e. The van der Waals surface area contributed by atoms with Crippen LogP contribution in [0.3, 0.4) is 0 Å². The van der Waals surface area contributed by atoms with E-state index in [0.29, 0.717) is 17.1 Å². The Balaban J connectivity index is 1.76. The summed E-state index contributed by atoms with van der Waals surface area (Å²) in [5.74, 6) is 0.387. The van der Waals surface area contributed by atoms with E-state index in [1.54, 1.807) is 23.9 Å². The smallest absolute Gasteiger partial charge is 0.272 e. The molecule has 0 spiro atoms. The topological polar surface area (TPSA) is 47.4 Å². The van der Waals surface area contributed by atoms with Gasteiger partial charge in [0.05, 0.1) is 18.5 Å². The molecule has 6 heteroatoms. The van der Waals surface area contributed by atoms with Gasteiger partial charge >= 0.3 is 0 Å². The highest BCUT2D eigenvalue weighted by atomic mass is 19.1. The van der Waals surface area contributed by atoms with Gasteiger partial charge in [-0.05, 0) is 73.9 Å². The monoisotopic (exact) mass is 379 g/mol. The van der Waals surface area contributed by atoms with Crippen molar-refractivity contribution in [2.75, 3.05) is 20.2 Å². The lowest BCUT2D eigenvalue weighted by molar-refractivity contribution is 0.0715. The predicted molar refractivity (Wildman–Crippen MR) is 105 cm³/mol. The lowest BCUT2D eigenvalue weighted by Crippen LogP contribution is -2.36. The summed E-state index contributed by atoms with van der Waals surface area (Å²) in [6, 6.07) is 15.4. The largest absolute Gasteiger partial charge is 0.497 e. The first-order valence-electron chi connectivity index (χ1n) is 9.45. The van der Waals surface area contributed by atoms with Crippen LogP contribution in [0.1, 0.15) is 29.8 Å². The normalized spacial score (nSPS) is 14.1. The number of rotatable bonds is 4. The number of nitrogens with zero attached hydrogens (tertiary/aromatic N) is 3. The summed E-state index contributed by atoms with van der Waals surface area (Å²) >= 11 is 0. The Morgan fingerprint density at radius 1 is 1.00 bits per heavy atom. The molecule has 0 aliphatic carbocycles. The van der Waals surface area contributed by atoms with E-state index in [2.05, 4.69) is 5.10 Å². The first-order chi connectivity index (χ1) is 13.7. The Morgan fingerprint density at radius 3 is 2.32 bits per heavy atom. The van der Waals surface area contributed by atoms with E-state index < -0.39 is 0 Å². The highest BCUT2D eigenvalue weighted by molar-refractivity contribution is 5.94. The van der Waals surface area contributed by atoms with Gasteiger partial charge in [-0.25, -0.2) is 9.07 Å². The molecule has 0 saturated carbocycles. The van der Waals surface area contributed by atoms with Crippen LogP contribution in [0.15, 0.2) is 54.6 Å². The molecule has 0 unspecified atom stereocenters. The summed E-state index contributed by atoms with van der Waals surface area (Å²) in [6.07, 6.45) is 3.18.